The number of halogens is 1. The van der Waals surface area contributed by atoms with Crippen LogP contribution in [0.5, 0.6) is 0 Å². The Labute approximate surface area is 107 Å². The zero-order chi connectivity index (χ0) is 12.7. The average molecular weight is 245 g/mol. The maximum atomic E-state index is 9.09. The summed E-state index contributed by atoms with van der Waals surface area (Å²) in [6.45, 7) is 3.59. The molecule has 1 aromatic rings. The Morgan fingerprint density at radius 3 is 2.29 bits per heavy atom. The molecule has 0 unspecified atom stereocenters. The molecule has 86 valence electrons. The van der Waals surface area contributed by atoms with E-state index in [1.165, 1.54) is 0 Å². The van der Waals surface area contributed by atoms with E-state index < -0.39 is 5.41 Å². The molecule has 2 nitrogen and oxygen atoms in total. The van der Waals surface area contributed by atoms with Crippen LogP contribution in [-0.4, -0.2) is 0 Å². The van der Waals surface area contributed by atoms with Crippen LogP contribution in [0.25, 0.3) is 0 Å². The lowest BCUT2D eigenvalue weighted by Crippen LogP contribution is -2.16. The molecular weight excluding hydrogens is 232 g/mol. The number of hydrogen-bond donors (Lipinski definition) is 0. The van der Waals surface area contributed by atoms with Crippen molar-refractivity contribution in [2.45, 2.75) is 19.3 Å². The van der Waals surface area contributed by atoms with Gasteiger partial charge in [-0.2, -0.15) is 10.5 Å². The van der Waals surface area contributed by atoms with Crippen LogP contribution in [0.2, 0.25) is 5.02 Å². The van der Waals surface area contributed by atoms with Crippen molar-refractivity contribution in [1.29, 1.82) is 10.5 Å². The second kappa shape index (κ2) is 6.09. The van der Waals surface area contributed by atoms with E-state index in [1.807, 2.05) is 24.3 Å². The third-order valence-electron chi connectivity index (χ3n) is 2.67. The fraction of sp³-hybridized carbons (Fsp3) is 0.286. The van der Waals surface area contributed by atoms with E-state index in [0.29, 0.717) is 24.3 Å². The standard InChI is InChI=1S/C14H13ClN2/c1-2-8-14(10-16,11-17)9-7-12-3-5-13(15)6-4-12/h2-6H,1,7-9H2. The fourth-order valence-corrected chi connectivity index (χ4v) is 1.71. The highest BCUT2D eigenvalue weighted by Crippen LogP contribution is 2.27. The van der Waals surface area contributed by atoms with Crippen molar-refractivity contribution in [3.05, 3.63) is 47.5 Å². The first-order valence-corrected chi connectivity index (χ1v) is 5.71. The van der Waals surface area contributed by atoms with Crippen molar-refractivity contribution in [3.8, 4) is 12.1 Å². The van der Waals surface area contributed by atoms with Crippen molar-refractivity contribution in [2.24, 2.45) is 5.41 Å². The van der Waals surface area contributed by atoms with Crippen molar-refractivity contribution in [1.82, 2.24) is 0 Å². The molecule has 0 fully saturated rings. The molecule has 0 bridgehead atoms. The summed E-state index contributed by atoms with van der Waals surface area (Å²) in [4.78, 5) is 0. The monoisotopic (exact) mass is 244 g/mol. The molecule has 0 saturated carbocycles. The largest absolute Gasteiger partial charge is 0.197 e. The van der Waals surface area contributed by atoms with E-state index >= 15 is 0 Å². The Morgan fingerprint density at radius 2 is 1.82 bits per heavy atom. The zero-order valence-corrected chi connectivity index (χ0v) is 10.2. The van der Waals surface area contributed by atoms with Gasteiger partial charge in [-0.15, -0.1) is 6.58 Å². The van der Waals surface area contributed by atoms with Gasteiger partial charge in [0.15, 0.2) is 0 Å². The molecule has 0 aliphatic heterocycles. The lowest BCUT2D eigenvalue weighted by molar-refractivity contribution is 0.484. The Hall–Kier alpha value is -1.77. The highest BCUT2D eigenvalue weighted by molar-refractivity contribution is 6.30. The van der Waals surface area contributed by atoms with E-state index in [-0.39, 0.29) is 0 Å². The van der Waals surface area contributed by atoms with E-state index in [2.05, 4.69) is 18.7 Å². The third-order valence-corrected chi connectivity index (χ3v) is 2.93. The topological polar surface area (TPSA) is 47.6 Å². The summed E-state index contributed by atoms with van der Waals surface area (Å²) in [5, 5.41) is 18.9. The first-order chi connectivity index (χ1) is 8.15. The molecule has 1 rings (SSSR count). The number of rotatable bonds is 5. The second-order valence-corrected chi connectivity index (χ2v) is 4.36. The summed E-state index contributed by atoms with van der Waals surface area (Å²) in [6, 6.07) is 11.6. The minimum absolute atomic E-state index is 0.396. The maximum Gasteiger partial charge on any atom is 0.147 e. The maximum absolute atomic E-state index is 9.09. The zero-order valence-electron chi connectivity index (χ0n) is 9.49. The fourth-order valence-electron chi connectivity index (χ4n) is 1.59. The highest BCUT2D eigenvalue weighted by atomic mass is 35.5. The molecule has 0 atom stereocenters. The quantitative estimate of drug-likeness (QED) is 0.738. The van der Waals surface area contributed by atoms with Gasteiger partial charge in [0, 0.05) is 5.02 Å². The summed E-state index contributed by atoms with van der Waals surface area (Å²) in [7, 11) is 0. The summed E-state index contributed by atoms with van der Waals surface area (Å²) in [6.07, 6.45) is 3.21. The predicted octanol–water partition coefficient (Wildman–Crippen LogP) is 3.88. The first-order valence-electron chi connectivity index (χ1n) is 5.33. The van der Waals surface area contributed by atoms with Gasteiger partial charge >= 0.3 is 0 Å². The molecule has 3 heteroatoms. The molecule has 0 spiro atoms. The van der Waals surface area contributed by atoms with Gasteiger partial charge in [-0.1, -0.05) is 29.8 Å². The van der Waals surface area contributed by atoms with E-state index in [9.17, 15) is 0 Å². The molecule has 0 radical (unpaired) electrons. The van der Waals surface area contributed by atoms with Crippen LogP contribution >= 0.6 is 11.6 Å². The van der Waals surface area contributed by atoms with E-state index in [4.69, 9.17) is 22.1 Å². The lowest BCUT2D eigenvalue weighted by atomic mass is 9.82. The Morgan fingerprint density at radius 1 is 1.24 bits per heavy atom. The van der Waals surface area contributed by atoms with Crippen LogP contribution in [0.3, 0.4) is 0 Å². The SMILES string of the molecule is C=CCC(C#N)(C#N)CCc1ccc(Cl)cc1. The van der Waals surface area contributed by atoms with Crippen LogP contribution in [0.4, 0.5) is 0 Å². The Bertz CT molecular complexity index is 448. The molecule has 0 N–H and O–H groups in total. The Kier molecular flexibility index (Phi) is 4.76. The van der Waals surface area contributed by atoms with Crippen molar-refractivity contribution < 1.29 is 0 Å². The second-order valence-electron chi connectivity index (χ2n) is 3.92. The van der Waals surface area contributed by atoms with Gasteiger partial charge < -0.3 is 0 Å². The molecule has 0 saturated heterocycles. The minimum atomic E-state index is -0.957. The first kappa shape index (κ1) is 13.3. The van der Waals surface area contributed by atoms with E-state index in [0.717, 1.165) is 5.56 Å². The number of nitriles is 2. The van der Waals surface area contributed by atoms with Crippen molar-refractivity contribution >= 4 is 11.6 Å². The average Bonchev–Trinajstić information content (AvgIpc) is 2.36. The number of nitrogens with zero attached hydrogens (tertiary/aromatic N) is 2. The number of aryl methyl sites for hydroxylation is 1. The summed E-state index contributed by atoms with van der Waals surface area (Å²) < 4.78 is 0. The number of hydrogen-bond acceptors (Lipinski definition) is 2. The summed E-state index contributed by atoms with van der Waals surface area (Å²) >= 11 is 5.79. The van der Waals surface area contributed by atoms with Crippen molar-refractivity contribution in [3.63, 3.8) is 0 Å². The van der Waals surface area contributed by atoms with Crippen LogP contribution < -0.4 is 0 Å². The van der Waals surface area contributed by atoms with Gasteiger partial charge in [-0.3, -0.25) is 0 Å². The molecule has 0 aliphatic rings. The molecule has 0 aliphatic carbocycles. The molecule has 0 amide bonds. The summed E-state index contributed by atoms with van der Waals surface area (Å²) in [5.41, 5.74) is 0.120. The van der Waals surface area contributed by atoms with Crippen LogP contribution in [0.15, 0.2) is 36.9 Å². The molecule has 0 heterocycles. The third kappa shape index (κ3) is 3.63. The van der Waals surface area contributed by atoms with E-state index in [1.54, 1.807) is 6.08 Å². The van der Waals surface area contributed by atoms with Crippen LogP contribution in [0, 0.1) is 28.1 Å². The lowest BCUT2D eigenvalue weighted by Gasteiger charge is -2.16. The summed E-state index contributed by atoms with van der Waals surface area (Å²) in [5.74, 6) is 0. The van der Waals surface area contributed by atoms with Gasteiger partial charge in [0.2, 0.25) is 0 Å². The Balaban J connectivity index is 2.71. The van der Waals surface area contributed by atoms with Gasteiger partial charge in [0.25, 0.3) is 0 Å². The predicted molar refractivity (Wildman–Crippen MR) is 68.2 cm³/mol. The molecule has 17 heavy (non-hydrogen) atoms. The molecule has 1 aromatic carbocycles. The van der Waals surface area contributed by atoms with Gasteiger partial charge in [-0.25, -0.2) is 0 Å². The van der Waals surface area contributed by atoms with Gasteiger partial charge in [-0.05, 0) is 37.0 Å². The van der Waals surface area contributed by atoms with Crippen LogP contribution in [0.1, 0.15) is 18.4 Å². The minimum Gasteiger partial charge on any atom is -0.197 e. The van der Waals surface area contributed by atoms with Crippen LogP contribution in [-0.2, 0) is 6.42 Å². The highest BCUT2D eigenvalue weighted by Gasteiger charge is 2.27. The number of benzene rings is 1. The molecular formula is C14H13ClN2. The molecule has 0 aromatic heterocycles. The number of allylic oxidation sites excluding steroid dienone is 1. The van der Waals surface area contributed by atoms with Gasteiger partial charge in [0.1, 0.15) is 5.41 Å². The van der Waals surface area contributed by atoms with Gasteiger partial charge in [0.05, 0.1) is 12.1 Å². The smallest absolute Gasteiger partial charge is 0.147 e. The normalized spacial score (nSPS) is 10.3. The van der Waals surface area contributed by atoms with Crippen molar-refractivity contribution in [2.75, 3.05) is 0 Å².